The first-order chi connectivity index (χ1) is 6.98. The van der Waals surface area contributed by atoms with E-state index in [4.69, 9.17) is 0 Å². The van der Waals surface area contributed by atoms with Gasteiger partial charge in [0.1, 0.15) is 5.82 Å². The Morgan fingerprint density at radius 3 is 2.67 bits per heavy atom. The summed E-state index contributed by atoms with van der Waals surface area (Å²) in [5.41, 5.74) is 2.94. The number of nitrogens with one attached hydrogen (secondary N) is 1. The van der Waals surface area contributed by atoms with Crippen LogP contribution in [0, 0.1) is 5.82 Å². The first-order valence-electron chi connectivity index (χ1n) is 5.55. The van der Waals surface area contributed by atoms with Crippen molar-refractivity contribution in [1.29, 1.82) is 0 Å². The third kappa shape index (κ3) is 1.99. The van der Waals surface area contributed by atoms with Crippen molar-refractivity contribution in [3.63, 3.8) is 0 Å². The molecule has 1 heterocycles. The molecule has 0 atom stereocenters. The molecule has 2 rings (SSSR count). The second-order valence-electron chi connectivity index (χ2n) is 5.27. The Morgan fingerprint density at radius 1 is 1.27 bits per heavy atom. The highest BCUT2D eigenvalue weighted by Gasteiger charge is 2.21. The van der Waals surface area contributed by atoms with Crippen molar-refractivity contribution in [1.82, 2.24) is 0 Å². The fraction of sp³-hybridized carbons (Fsp3) is 0.538. The zero-order valence-corrected chi connectivity index (χ0v) is 9.65. The van der Waals surface area contributed by atoms with E-state index in [0.29, 0.717) is 0 Å². The number of fused-ring (bicyclic) bond motifs is 1. The predicted molar refractivity (Wildman–Crippen MR) is 61.9 cm³/mol. The third-order valence-electron chi connectivity index (χ3n) is 2.94. The number of aryl methyl sites for hydroxylation is 1. The van der Waals surface area contributed by atoms with Gasteiger partial charge in [-0.1, -0.05) is 26.8 Å². The van der Waals surface area contributed by atoms with Crippen LogP contribution in [0.2, 0.25) is 0 Å². The van der Waals surface area contributed by atoms with Crippen LogP contribution < -0.4 is 5.32 Å². The lowest BCUT2D eigenvalue weighted by atomic mass is 9.84. The molecule has 1 aromatic rings. The number of halogens is 1. The maximum atomic E-state index is 13.8. The molecule has 1 aliphatic rings. The van der Waals surface area contributed by atoms with Crippen LogP contribution in [0.5, 0.6) is 0 Å². The van der Waals surface area contributed by atoms with Gasteiger partial charge in [0, 0.05) is 12.2 Å². The summed E-state index contributed by atoms with van der Waals surface area (Å²) in [6.45, 7) is 7.11. The minimum atomic E-state index is -0.115. The summed E-state index contributed by atoms with van der Waals surface area (Å²) in [6, 6.07) is 3.67. The number of benzene rings is 1. The van der Waals surface area contributed by atoms with Gasteiger partial charge in [-0.3, -0.25) is 0 Å². The second kappa shape index (κ2) is 3.51. The summed E-state index contributed by atoms with van der Waals surface area (Å²) in [4.78, 5) is 0. The molecule has 2 heteroatoms. The van der Waals surface area contributed by atoms with Crippen LogP contribution in [0.25, 0.3) is 0 Å². The topological polar surface area (TPSA) is 12.0 Å². The monoisotopic (exact) mass is 207 g/mol. The molecule has 1 aromatic carbocycles. The van der Waals surface area contributed by atoms with Gasteiger partial charge < -0.3 is 5.32 Å². The molecule has 82 valence electrons. The van der Waals surface area contributed by atoms with Crippen LogP contribution in [0.15, 0.2) is 12.1 Å². The molecular formula is C13H18FN. The molecule has 1 nitrogen and oxygen atoms in total. The molecule has 0 saturated carbocycles. The Morgan fingerprint density at radius 2 is 2.00 bits per heavy atom. The largest absolute Gasteiger partial charge is 0.385 e. The number of rotatable bonds is 0. The molecule has 0 aromatic heterocycles. The minimum Gasteiger partial charge on any atom is -0.385 e. The fourth-order valence-electron chi connectivity index (χ4n) is 2.07. The summed E-state index contributed by atoms with van der Waals surface area (Å²) >= 11 is 0. The van der Waals surface area contributed by atoms with Gasteiger partial charge in [0.2, 0.25) is 0 Å². The molecule has 0 unspecified atom stereocenters. The molecule has 0 fully saturated rings. The lowest BCUT2D eigenvalue weighted by molar-refractivity contribution is 0.521. The molecule has 0 aliphatic carbocycles. The molecular weight excluding hydrogens is 189 g/mol. The standard InChI is InChI=1S/C13H18FN/c1-13(2,3)10-7-9-5-4-6-15-12(9)8-11(10)14/h7-8,15H,4-6H2,1-3H3. The predicted octanol–water partition coefficient (Wildman–Crippen LogP) is 3.48. The van der Waals surface area contributed by atoms with Crippen molar-refractivity contribution >= 4 is 5.69 Å². The number of anilines is 1. The fourth-order valence-corrected chi connectivity index (χ4v) is 2.07. The van der Waals surface area contributed by atoms with E-state index in [9.17, 15) is 4.39 Å². The minimum absolute atomic E-state index is 0.0874. The van der Waals surface area contributed by atoms with Gasteiger partial charge in [0.05, 0.1) is 0 Å². The molecule has 0 radical (unpaired) electrons. The van der Waals surface area contributed by atoms with Crippen LogP contribution in [-0.4, -0.2) is 6.54 Å². The van der Waals surface area contributed by atoms with Gasteiger partial charge >= 0.3 is 0 Å². The Kier molecular flexibility index (Phi) is 2.45. The van der Waals surface area contributed by atoms with E-state index in [1.54, 1.807) is 6.07 Å². The summed E-state index contributed by atoms with van der Waals surface area (Å²) in [6.07, 6.45) is 2.20. The maximum absolute atomic E-state index is 13.8. The smallest absolute Gasteiger partial charge is 0.129 e. The Hall–Kier alpha value is -1.05. The van der Waals surface area contributed by atoms with Crippen molar-refractivity contribution in [2.75, 3.05) is 11.9 Å². The average molecular weight is 207 g/mol. The van der Waals surface area contributed by atoms with E-state index in [0.717, 1.165) is 30.6 Å². The van der Waals surface area contributed by atoms with Crippen LogP contribution in [0.3, 0.4) is 0 Å². The molecule has 0 amide bonds. The Balaban J connectivity index is 2.50. The summed E-state index contributed by atoms with van der Waals surface area (Å²) in [5.74, 6) is -0.0874. The van der Waals surface area contributed by atoms with Crippen molar-refractivity contribution in [2.45, 2.75) is 39.0 Å². The van der Waals surface area contributed by atoms with Crippen LogP contribution in [-0.2, 0) is 11.8 Å². The van der Waals surface area contributed by atoms with Gasteiger partial charge in [-0.25, -0.2) is 4.39 Å². The lowest BCUT2D eigenvalue weighted by Gasteiger charge is -2.24. The van der Waals surface area contributed by atoms with Crippen LogP contribution in [0.1, 0.15) is 38.3 Å². The van der Waals surface area contributed by atoms with Gasteiger partial charge in [0.25, 0.3) is 0 Å². The van der Waals surface area contributed by atoms with E-state index >= 15 is 0 Å². The first kappa shape index (κ1) is 10.5. The highest BCUT2D eigenvalue weighted by Crippen LogP contribution is 2.31. The zero-order valence-electron chi connectivity index (χ0n) is 9.65. The molecule has 1 aliphatic heterocycles. The van der Waals surface area contributed by atoms with E-state index in [1.165, 1.54) is 5.56 Å². The zero-order chi connectivity index (χ0) is 11.1. The third-order valence-corrected chi connectivity index (χ3v) is 2.94. The van der Waals surface area contributed by atoms with Crippen molar-refractivity contribution < 1.29 is 4.39 Å². The summed E-state index contributed by atoms with van der Waals surface area (Å²) in [7, 11) is 0. The Labute approximate surface area is 90.7 Å². The second-order valence-corrected chi connectivity index (χ2v) is 5.27. The van der Waals surface area contributed by atoms with E-state index < -0.39 is 0 Å². The lowest BCUT2D eigenvalue weighted by Crippen LogP contribution is -2.18. The number of hydrogen-bond donors (Lipinski definition) is 1. The van der Waals surface area contributed by atoms with Gasteiger partial charge in [-0.2, -0.15) is 0 Å². The SMILES string of the molecule is CC(C)(C)c1cc2c(cc1F)NCCC2. The van der Waals surface area contributed by atoms with Gasteiger partial charge in [-0.05, 0) is 35.4 Å². The molecule has 0 spiro atoms. The van der Waals surface area contributed by atoms with Crippen LogP contribution >= 0.6 is 0 Å². The Bertz CT molecular complexity index is 377. The number of hydrogen-bond acceptors (Lipinski definition) is 1. The van der Waals surface area contributed by atoms with Gasteiger partial charge in [-0.15, -0.1) is 0 Å². The normalized spacial score (nSPS) is 15.7. The molecule has 0 bridgehead atoms. The van der Waals surface area contributed by atoms with E-state index in [2.05, 4.69) is 5.32 Å². The highest BCUT2D eigenvalue weighted by atomic mass is 19.1. The van der Waals surface area contributed by atoms with Crippen molar-refractivity contribution in [3.05, 3.63) is 29.1 Å². The molecule has 0 saturated heterocycles. The van der Waals surface area contributed by atoms with Crippen LogP contribution in [0.4, 0.5) is 10.1 Å². The quantitative estimate of drug-likeness (QED) is 0.686. The highest BCUT2D eigenvalue weighted by molar-refractivity contribution is 5.55. The molecule has 15 heavy (non-hydrogen) atoms. The van der Waals surface area contributed by atoms with Gasteiger partial charge in [0.15, 0.2) is 0 Å². The maximum Gasteiger partial charge on any atom is 0.129 e. The average Bonchev–Trinajstić information content (AvgIpc) is 2.15. The van der Waals surface area contributed by atoms with Crippen molar-refractivity contribution in [2.24, 2.45) is 0 Å². The first-order valence-corrected chi connectivity index (χ1v) is 5.55. The van der Waals surface area contributed by atoms with E-state index in [1.807, 2.05) is 26.8 Å². The summed E-state index contributed by atoms with van der Waals surface area (Å²) in [5, 5.41) is 3.24. The molecule has 1 N–H and O–H groups in total. The van der Waals surface area contributed by atoms with E-state index in [-0.39, 0.29) is 11.2 Å². The summed E-state index contributed by atoms with van der Waals surface area (Å²) < 4.78 is 13.8. The van der Waals surface area contributed by atoms with Crippen molar-refractivity contribution in [3.8, 4) is 0 Å².